The van der Waals surface area contributed by atoms with Gasteiger partial charge in [0.2, 0.25) is 0 Å². The van der Waals surface area contributed by atoms with Gasteiger partial charge in [0.1, 0.15) is 5.69 Å². The van der Waals surface area contributed by atoms with Gasteiger partial charge >= 0.3 is 0 Å². The lowest BCUT2D eigenvalue weighted by Gasteiger charge is -2.09. The lowest BCUT2D eigenvalue weighted by atomic mass is 10.1. The Balaban J connectivity index is 2.04. The normalized spacial score (nSPS) is 10.9. The van der Waals surface area contributed by atoms with E-state index in [-0.39, 0.29) is 0 Å². The van der Waals surface area contributed by atoms with Crippen LogP contribution in [0.3, 0.4) is 0 Å². The number of aromatic nitrogens is 3. The first-order valence-electron chi connectivity index (χ1n) is 7.11. The monoisotopic (exact) mass is 312 g/mol. The highest BCUT2D eigenvalue weighted by atomic mass is 35.5. The average Bonchev–Trinajstić information content (AvgIpc) is 2.90. The number of halogens is 1. The summed E-state index contributed by atoms with van der Waals surface area (Å²) >= 11 is 6.06. The van der Waals surface area contributed by atoms with Crippen molar-refractivity contribution in [2.24, 2.45) is 5.73 Å². The molecule has 4 nitrogen and oxygen atoms in total. The number of hydrogen-bond acceptors (Lipinski definition) is 3. The Bertz CT molecular complexity index is 795. The molecule has 0 unspecified atom stereocenters. The van der Waals surface area contributed by atoms with E-state index in [4.69, 9.17) is 17.3 Å². The molecule has 22 heavy (non-hydrogen) atoms. The van der Waals surface area contributed by atoms with Gasteiger partial charge in [0, 0.05) is 17.1 Å². The molecule has 0 fully saturated rings. The lowest BCUT2D eigenvalue weighted by Crippen LogP contribution is -2.06. The van der Waals surface area contributed by atoms with Gasteiger partial charge in [-0.3, -0.25) is 0 Å². The fourth-order valence-corrected chi connectivity index (χ4v) is 2.73. The third-order valence-corrected chi connectivity index (χ3v) is 3.75. The van der Waals surface area contributed by atoms with Crippen molar-refractivity contribution >= 4 is 11.6 Å². The van der Waals surface area contributed by atoms with Crippen LogP contribution < -0.4 is 5.73 Å². The molecule has 0 aliphatic rings. The number of nitrogens with zero attached hydrogens (tertiary/aromatic N) is 3. The lowest BCUT2D eigenvalue weighted by molar-refractivity contribution is 0.655. The Kier molecular flexibility index (Phi) is 4.22. The number of rotatable bonds is 4. The molecule has 3 aromatic rings. The Morgan fingerprint density at radius 2 is 1.95 bits per heavy atom. The van der Waals surface area contributed by atoms with Gasteiger partial charge < -0.3 is 5.73 Å². The molecule has 0 atom stereocenters. The molecule has 3 rings (SSSR count). The van der Waals surface area contributed by atoms with E-state index in [0.717, 1.165) is 22.5 Å². The molecule has 0 spiro atoms. The molecular formula is C17H17ClN4. The summed E-state index contributed by atoms with van der Waals surface area (Å²) in [6, 6.07) is 16.0. The van der Waals surface area contributed by atoms with Crippen molar-refractivity contribution in [3.05, 3.63) is 70.4 Å². The predicted molar refractivity (Wildman–Crippen MR) is 88.6 cm³/mol. The molecule has 1 heterocycles. The second-order valence-corrected chi connectivity index (χ2v) is 5.68. The quantitative estimate of drug-likeness (QED) is 0.803. The van der Waals surface area contributed by atoms with Crippen LogP contribution in [0.25, 0.3) is 11.3 Å². The molecule has 0 saturated carbocycles. The van der Waals surface area contributed by atoms with Crippen LogP contribution in [0.15, 0.2) is 48.5 Å². The Morgan fingerprint density at radius 1 is 1.14 bits per heavy atom. The first-order valence-corrected chi connectivity index (χ1v) is 7.49. The third-order valence-electron chi connectivity index (χ3n) is 3.51. The molecule has 5 heteroatoms. The maximum atomic E-state index is 6.06. The number of nitrogens with two attached hydrogens (primary N) is 1. The highest BCUT2D eigenvalue weighted by Crippen LogP contribution is 2.24. The second-order valence-electron chi connectivity index (χ2n) is 5.25. The van der Waals surface area contributed by atoms with Gasteiger partial charge in [0.05, 0.1) is 12.2 Å². The van der Waals surface area contributed by atoms with Gasteiger partial charge in [-0.15, -0.1) is 5.10 Å². The summed E-state index contributed by atoms with van der Waals surface area (Å²) in [5.41, 5.74) is 10.9. The molecular weight excluding hydrogens is 296 g/mol. The van der Waals surface area contributed by atoms with Crippen LogP contribution in [0, 0.1) is 6.92 Å². The van der Waals surface area contributed by atoms with E-state index >= 15 is 0 Å². The molecule has 0 radical (unpaired) electrons. The molecule has 0 bridgehead atoms. The minimum atomic E-state index is 0.360. The summed E-state index contributed by atoms with van der Waals surface area (Å²) in [7, 11) is 0. The minimum absolute atomic E-state index is 0.360. The molecule has 1 aromatic heterocycles. The molecule has 2 N–H and O–H groups in total. The van der Waals surface area contributed by atoms with Gasteiger partial charge in [0.15, 0.2) is 0 Å². The Hall–Kier alpha value is -2.17. The second kappa shape index (κ2) is 6.30. The van der Waals surface area contributed by atoms with Crippen molar-refractivity contribution < 1.29 is 0 Å². The SMILES string of the molecule is Cc1cccc(-c2c(CN)nnn2Cc2cccc(Cl)c2)c1. The summed E-state index contributed by atoms with van der Waals surface area (Å²) in [5.74, 6) is 0. The number of aryl methyl sites for hydroxylation is 1. The van der Waals surface area contributed by atoms with Crippen LogP contribution in [0.2, 0.25) is 5.02 Å². The van der Waals surface area contributed by atoms with Gasteiger partial charge in [-0.05, 0) is 30.7 Å². The molecule has 0 aliphatic carbocycles. The van der Waals surface area contributed by atoms with Gasteiger partial charge in [0.25, 0.3) is 0 Å². The fourth-order valence-electron chi connectivity index (χ4n) is 2.51. The number of hydrogen-bond donors (Lipinski definition) is 1. The topological polar surface area (TPSA) is 56.7 Å². The molecule has 0 saturated heterocycles. The minimum Gasteiger partial charge on any atom is -0.325 e. The Labute approximate surface area is 134 Å². The summed E-state index contributed by atoms with van der Waals surface area (Å²) in [6.45, 7) is 3.03. The summed E-state index contributed by atoms with van der Waals surface area (Å²) in [5, 5.41) is 9.19. The largest absolute Gasteiger partial charge is 0.325 e. The zero-order chi connectivity index (χ0) is 15.5. The van der Waals surface area contributed by atoms with Crippen LogP contribution in [0.5, 0.6) is 0 Å². The van der Waals surface area contributed by atoms with Gasteiger partial charge in [-0.1, -0.05) is 52.7 Å². The van der Waals surface area contributed by atoms with Crippen molar-refractivity contribution in [1.82, 2.24) is 15.0 Å². The van der Waals surface area contributed by atoms with Crippen molar-refractivity contribution in [3.8, 4) is 11.3 Å². The maximum Gasteiger partial charge on any atom is 0.104 e. The smallest absolute Gasteiger partial charge is 0.104 e. The molecule has 2 aromatic carbocycles. The van der Waals surface area contributed by atoms with Crippen LogP contribution in [-0.4, -0.2) is 15.0 Å². The third kappa shape index (κ3) is 3.03. The standard InChI is InChI=1S/C17H17ClN4/c1-12-4-2-6-14(8-12)17-16(10-19)20-21-22(17)11-13-5-3-7-15(18)9-13/h2-9H,10-11,19H2,1H3. The zero-order valence-corrected chi connectivity index (χ0v) is 13.1. The van der Waals surface area contributed by atoms with Gasteiger partial charge in [-0.2, -0.15) is 0 Å². The van der Waals surface area contributed by atoms with Crippen LogP contribution >= 0.6 is 11.6 Å². The van der Waals surface area contributed by atoms with Crippen molar-refractivity contribution in [1.29, 1.82) is 0 Å². The predicted octanol–water partition coefficient (Wildman–Crippen LogP) is 3.41. The van der Waals surface area contributed by atoms with Crippen molar-refractivity contribution in [2.75, 3.05) is 0 Å². The summed E-state index contributed by atoms with van der Waals surface area (Å²) < 4.78 is 1.88. The Morgan fingerprint density at radius 3 is 2.68 bits per heavy atom. The zero-order valence-electron chi connectivity index (χ0n) is 12.3. The highest BCUT2D eigenvalue weighted by Gasteiger charge is 2.14. The fraction of sp³-hybridized carbons (Fsp3) is 0.176. The molecule has 0 amide bonds. The van der Waals surface area contributed by atoms with Crippen LogP contribution in [-0.2, 0) is 13.1 Å². The van der Waals surface area contributed by atoms with E-state index in [9.17, 15) is 0 Å². The van der Waals surface area contributed by atoms with E-state index in [1.807, 2.05) is 35.0 Å². The van der Waals surface area contributed by atoms with Crippen molar-refractivity contribution in [3.63, 3.8) is 0 Å². The molecule has 0 aliphatic heterocycles. The van der Waals surface area contributed by atoms with E-state index in [1.54, 1.807) is 0 Å². The number of benzene rings is 2. The first-order chi connectivity index (χ1) is 10.7. The summed E-state index contributed by atoms with van der Waals surface area (Å²) in [6.07, 6.45) is 0. The van der Waals surface area contributed by atoms with Crippen LogP contribution in [0.4, 0.5) is 0 Å². The van der Waals surface area contributed by atoms with Crippen molar-refractivity contribution in [2.45, 2.75) is 20.0 Å². The summed E-state index contributed by atoms with van der Waals surface area (Å²) in [4.78, 5) is 0. The van der Waals surface area contributed by atoms with E-state index in [1.165, 1.54) is 5.56 Å². The first kappa shape index (κ1) is 14.8. The molecule has 112 valence electrons. The average molecular weight is 313 g/mol. The van der Waals surface area contributed by atoms with E-state index < -0.39 is 0 Å². The van der Waals surface area contributed by atoms with E-state index in [2.05, 4.69) is 35.4 Å². The van der Waals surface area contributed by atoms with Gasteiger partial charge in [-0.25, -0.2) is 4.68 Å². The van der Waals surface area contributed by atoms with E-state index in [0.29, 0.717) is 18.1 Å². The highest BCUT2D eigenvalue weighted by molar-refractivity contribution is 6.30. The maximum absolute atomic E-state index is 6.06. The van der Waals surface area contributed by atoms with Crippen LogP contribution in [0.1, 0.15) is 16.8 Å².